The van der Waals surface area contributed by atoms with Crippen molar-refractivity contribution in [2.45, 2.75) is 34.6 Å². The Morgan fingerprint density at radius 2 is 1.14 bits per heavy atom. The summed E-state index contributed by atoms with van der Waals surface area (Å²) < 4.78 is 0. The monoisotopic (exact) mass is 185 g/mol. The molecule has 0 bridgehead atoms. The van der Waals surface area contributed by atoms with Gasteiger partial charge in [-0.05, 0) is 68.0 Å². The summed E-state index contributed by atoms with van der Waals surface area (Å²) >= 11 is 0. The summed E-state index contributed by atoms with van der Waals surface area (Å²) in [4.78, 5) is 0. The molecule has 0 unspecified atom stereocenters. The van der Waals surface area contributed by atoms with Crippen molar-refractivity contribution in [1.82, 2.24) is 0 Å². The van der Waals surface area contributed by atoms with Crippen LogP contribution in [0.1, 0.15) is 40.3 Å². The lowest BCUT2D eigenvalue weighted by Crippen LogP contribution is -1.98. The maximum atomic E-state index is 2.30. The quantitative estimate of drug-likeness (QED) is 0.575. The molecule has 2 rings (SSSR count). The highest BCUT2D eigenvalue weighted by Gasteiger charge is 2.18. The van der Waals surface area contributed by atoms with E-state index in [4.69, 9.17) is 0 Å². The van der Waals surface area contributed by atoms with Crippen LogP contribution < -0.4 is 0 Å². The fraction of sp³-hybridized carbons (Fsp3) is 0.357. The molecule has 0 atom stereocenters. The van der Waals surface area contributed by atoms with Crippen LogP contribution >= 0.6 is 0 Å². The first-order chi connectivity index (χ1) is 6.52. The Hall–Kier alpha value is -1.04. The van der Waals surface area contributed by atoms with Gasteiger partial charge in [0.15, 0.2) is 0 Å². The van der Waals surface area contributed by atoms with Gasteiger partial charge in [0.05, 0.1) is 0 Å². The Kier molecular flexibility index (Phi) is 2.02. The van der Waals surface area contributed by atoms with Gasteiger partial charge in [-0.1, -0.05) is 11.6 Å². The molecule has 0 nitrogen and oxygen atoms in total. The maximum absolute atomic E-state index is 2.30. The fourth-order valence-corrected chi connectivity index (χ4v) is 2.24. The van der Waals surface area contributed by atoms with Gasteiger partial charge in [-0.2, -0.15) is 0 Å². The minimum atomic E-state index is 1.37. The number of benzene rings is 1. The molecule has 0 aromatic heterocycles. The molecule has 1 aliphatic rings. The highest BCUT2D eigenvalue weighted by Crippen LogP contribution is 2.35. The van der Waals surface area contributed by atoms with Gasteiger partial charge >= 0.3 is 0 Å². The molecule has 0 saturated heterocycles. The molecule has 0 spiro atoms. The molecule has 0 amide bonds. The van der Waals surface area contributed by atoms with Gasteiger partial charge in [-0.3, -0.25) is 0 Å². The Morgan fingerprint density at radius 3 is 1.71 bits per heavy atom. The van der Waals surface area contributed by atoms with Gasteiger partial charge in [0.2, 0.25) is 0 Å². The summed E-state index contributed by atoms with van der Waals surface area (Å²) in [6.45, 7) is 11.1. The molecule has 0 N–H and O–H groups in total. The van der Waals surface area contributed by atoms with Crippen molar-refractivity contribution in [1.29, 1.82) is 0 Å². The highest BCUT2D eigenvalue weighted by atomic mass is 14.2. The zero-order valence-electron chi connectivity index (χ0n) is 9.65. The van der Waals surface area contributed by atoms with E-state index in [1.54, 1.807) is 0 Å². The van der Waals surface area contributed by atoms with Crippen LogP contribution in [0.2, 0.25) is 0 Å². The lowest BCUT2D eigenvalue weighted by molar-refractivity contribution is 1.18. The topological polar surface area (TPSA) is 0 Å². The molecule has 0 saturated carbocycles. The normalized spacial score (nSPS) is 14.2. The van der Waals surface area contributed by atoms with E-state index < -0.39 is 0 Å². The molecule has 0 aliphatic heterocycles. The molecule has 1 radical (unpaired) electrons. The van der Waals surface area contributed by atoms with Gasteiger partial charge in [0.1, 0.15) is 0 Å². The zero-order chi connectivity index (χ0) is 10.5. The molecular weight excluding hydrogens is 168 g/mol. The largest absolute Gasteiger partial charge is 0.0642 e. The van der Waals surface area contributed by atoms with Gasteiger partial charge < -0.3 is 0 Å². The van der Waals surface area contributed by atoms with Gasteiger partial charge in [-0.15, -0.1) is 0 Å². The second kappa shape index (κ2) is 2.98. The maximum Gasteiger partial charge on any atom is 0.0164 e. The van der Waals surface area contributed by atoms with Crippen LogP contribution in [-0.2, 0) is 0 Å². The van der Waals surface area contributed by atoms with Crippen molar-refractivity contribution in [3.05, 3.63) is 45.4 Å². The number of fused-ring (bicyclic) bond motifs is 1. The molecule has 1 aromatic carbocycles. The van der Waals surface area contributed by atoms with Crippen molar-refractivity contribution in [3.8, 4) is 0 Å². The van der Waals surface area contributed by atoms with Crippen molar-refractivity contribution < 1.29 is 0 Å². The lowest BCUT2D eigenvalue weighted by atomic mass is 9.90. The van der Waals surface area contributed by atoms with E-state index in [1.807, 2.05) is 0 Å². The van der Waals surface area contributed by atoms with E-state index in [0.717, 1.165) is 0 Å². The molecule has 73 valence electrons. The number of allylic oxidation sites excluding steroid dienone is 1. The molecule has 0 fully saturated rings. The first kappa shape index (κ1) is 9.51. The van der Waals surface area contributed by atoms with E-state index in [2.05, 4.69) is 47.1 Å². The third-order valence-corrected chi connectivity index (χ3v) is 3.53. The fourth-order valence-electron chi connectivity index (χ4n) is 2.24. The second-order valence-electron chi connectivity index (χ2n) is 4.36. The van der Waals surface area contributed by atoms with Gasteiger partial charge in [-0.25, -0.2) is 0 Å². The van der Waals surface area contributed by atoms with Crippen LogP contribution in [-0.4, -0.2) is 0 Å². The van der Waals surface area contributed by atoms with Crippen molar-refractivity contribution in [2.75, 3.05) is 0 Å². The van der Waals surface area contributed by atoms with Crippen LogP contribution in [0.5, 0.6) is 0 Å². The number of hydrogen-bond donors (Lipinski definition) is 0. The Morgan fingerprint density at radius 1 is 0.643 bits per heavy atom. The standard InChI is InChI=1S/C14H17/c1-8-6-13-11(4)9(2)10(3)12(5)14(13)7-8/h6-7H,1-5H3. The summed E-state index contributed by atoms with van der Waals surface area (Å²) in [7, 11) is 0. The zero-order valence-corrected chi connectivity index (χ0v) is 9.65. The first-order valence-corrected chi connectivity index (χ1v) is 5.15. The third-order valence-electron chi connectivity index (χ3n) is 3.53. The predicted octanol–water partition coefficient (Wildman–Crippen LogP) is 3.89. The predicted molar refractivity (Wildman–Crippen MR) is 62.4 cm³/mol. The smallest absolute Gasteiger partial charge is 0.0164 e. The first-order valence-electron chi connectivity index (χ1n) is 5.15. The summed E-state index contributed by atoms with van der Waals surface area (Å²) in [5.41, 5.74) is 10.0. The average molecular weight is 185 g/mol. The van der Waals surface area contributed by atoms with Crippen molar-refractivity contribution in [3.63, 3.8) is 0 Å². The minimum absolute atomic E-state index is 1.37. The van der Waals surface area contributed by atoms with Crippen LogP contribution in [0.4, 0.5) is 0 Å². The van der Waals surface area contributed by atoms with Crippen LogP contribution in [0.25, 0.3) is 6.08 Å². The van der Waals surface area contributed by atoms with Crippen LogP contribution in [0.3, 0.4) is 0 Å². The van der Waals surface area contributed by atoms with E-state index in [1.165, 1.54) is 39.0 Å². The SMILES string of the molecule is CC1=Cc2c(C)c(C)c(C)c(C)c2[CH]1. The van der Waals surface area contributed by atoms with E-state index >= 15 is 0 Å². The van der Waals surface area contributed by atoms with Crippen molar-refractivity contribution in [2.24, 2.45) is 0 Å². The molecule has 0 heterocycles. The summed E-state index contributed by atoms with van der Waals surface area (Å²) in [6.07, 6.45) is 4.59. The Balaban J connectivity index is 2.78. The molecule has 1 aromatic rings. The molecule has 14 heavy (non-hydrogen) atoms. The molecular formula is C14H17. The van der Waals surface area contributed by atoms with Gasteiger partial charge in [0.25, 0.3) is 0 Å². The highest BCUT2D eigenvalue weighted by molar-refractivity contribution is 5.74. The second-order valence-corrected chi connectivity index (χ2v) is 4.36. The minimum Gasteiger partial charge on any atom is -0.0642 e. The number of hydrogen-bond acceptors (Lipinski definition) is 0. The number of rotatable bonds is 0. The molecule has 0 heteroatoms. The lowest BCUT2D eigenvalue weighted by Gasteiger charge is -2.14. The van der Waals surface area contributed by atoms with Crippen LogP contribution in [0, 0.1) is 34.1 Å². The average Bonchev–Trinajstić information content (AvgIpc) is 2.54. The van der Waals surface area contributed by atoms with Crippen molar-refractivity contribution >= 4 is 6.08 Å². The Bertz CT molecular complexity index is 434. The summed E-state index contributed by atoms with van der Waals surface area (Å²) in [5, 5.41) is 0. The molecule has 1 aliphatic carbocycles. The van der Waals surface area contributed by atoms with Gasteiger partial charge in [0, 0.05) is 6.42 Å². The Labute approximate surface area is 86.7 Å². The van der Waals surface area contributed by atoms with Crippen LogP contribution in [0.15, 0.2) is 5.57 Å². The summed E-state index contributed by atoms with van der Waals surface area (Å²) in [6, 6.07) is 0. The van der Waals surface area contributed by atoms with E-state index in [9.17, 15) is 0 Å². The summed E-state index contributed by atoms with van der Waals surface area (Å²) in [5.74, 6) is 0. The van der Waals surface area contributed by atoms with E-state index in [-0.39, 0.29) is 0 Å². The third kappa shape index (κ3) is 1.13. The van der Waals surface area contributed by atoms with E-state index in [0.29, 0.717) is 0 Å².